The molecule has 0 N–H and O–H groups in total. The summed E-state index contributed by atoms with van der Waals surface area (Å²) in [4.78, 5) is 5.16. The van der Waals surface area contributed by atoms with Gasteiger partial charge in [0.25, 0.3) is 0 Å². The number of unbranched alkanes of at least 4 members (excludes halogenated alkanes) is 30. The molecule has 2 nitrogen and oxygen atoms in total. The second-order valence-electron chi connectivity index (χ2n) is 14.0. The predicted octanol–water partition coefficient (Wildman–Crippen LogP) is 13.9. The first kappa shape index (κ1) is 39.4. The van der Waals surface area contributed by atoms with Gasteiger partial charge in [0.05, 0.1) is 6.17 Å². The molecule has 0 spiro atoms. The Kier molecular flexibility index (Phi) is 29.8. The average molecular weight is 589 g/mol. The van der Waals surface area contributed by atoms with Gasteiger partial charge in [0.2, 0.25) is 0 Å². The van der Waals surface area contributed by atoms with E-state index in [-0.39, 0.29) is 0 Å². The van der Waals surface area contributed by atoms with Crippen LogP contribution in [0.15, 0.2) is 12.4 Å². The van der Waals surface area contributed by atoms with E-state index in [1.807, 2.05) is 0 Å². The summed E-state index contributed by atoms with van der Waals surface area (Å²) in [7, 11) is 0. The summed E-state index contributed by atoms with van der Waals surface area (Å²) in [5, 5.41) is 0. The molecular weight excluding hydrogens is 508 g/mol. The van der Waals surface area contributed by atoms with Crippen molar-refractivity contribution in [1.82, 2.24) is 9.80 Å². The first-order chi connectivity index (χ1) is 20.8. The van der Waals surface area contributed by atoms with Gasteiger partial charge in [-0.2, -0.15) is 0 Å². The summed E-state index contributed by atoms with van der Waals surface area (Å²) in [6.07, 6.45) is 51.7. The molecule has 0 aliphatic carbocycles. The summed E-state index contributed by atoms with van der Waals surface area (Å²) in [5.41, 5.74) is 0. The van der Waals surface area contributed by atoms with E-state index in [2.05, 4.69) is 43.0 Å². The molecule has 0 saturated heterocycles. The van der Waals surface area contributed by atoms with Crippen molar-refractivity contribution in [1.29, 1.82) is 0 Å². The van der Waals surface area contributed by atoms with Crippen molar-refractivity contribution >= 4 is 0 Å². The van der Waals surface area contributed by atoms with Crippen molar-refractivity contribution < 1.29 is 0 Å². The lowest BCUT2D eigenvalue weighted by atomic mass is 10.0. The molecule has 0 saturated carbocycles. The van der Waals surface area contributed by atoms with Crippen molar-refractivity contribution in [3.8, 4) is 0 Å². The van der Waals surface area contributed by atoms with Gasteiger partial charge in [-0.25, -0.2) is 0 Å². The van der Waals surface area contributed by atoms with Gasteiger partial charge in [-0.05, 0) is 19.8 Å². The Morgan fingerprint density at radius 1 is 0.310 bits per heavy atom. The molecule has 250 valence electrons. The number of rotatable bonds is 34. The Bertz CT molecular complexity index is 498. The van der Waals surface area contributed by atoms with Crippen LogP contribution < -0.4 is 0 Å². The van der Waals surface area contributed by atoms with Crippen molar-refractivity contribution in [2.75, 3.05) is 13.1 Å². The summed E-state index contributed by atoms with van der Waals surface area (Å²) < 4.78 is 0. The summed E-state index contributed by atoms with van der Waals surface area (Å²) in [6, 6.07) is 0. The molecule has 1 rings (SSSR count). The molecule has 0 aromatic carbocycles. The Morgan fingerprint density at radius 2 is 0.500 bits per heavy atom. The molecule has 0 amide bonds. The van der Waals surface area contributed by atoms with E-state index in [0.29, 0.717) is 6.17 Å². The van der Waals surface area contributed by atoms with E-state index in [9.17, 15) is 0 Å². The van der Waals surface area contributed by atoms with Crippen LogP contribution in [0.4, 0.5) is 0 Å². The molecule has 0 bridgehead atoms. The predicted molar refractivity (Wildman–Crippen MR) is 191 cm³/mol. The topological polar surface area (TPSA) is 6.48 Å². The SMILES string of the molecule is CCCCCCCCCCCCCCCCCCN1C=CN(CCCCCCCCCCCCCCCCCC)C1C. The lowest BCUT2D eigenvalue weighted by Gasteiger charge is -2.30. The average Bonchev–Trinajstić information content (AvgIpc) is 3.35. The number of hydrogen-bond acceptors (Lipinski definition) is 2. The zero-order chi connectivity index (χ0) is 30.2. The fourth-order valence-electron chi connectivity index (χ4n) is 6.82. The Balaban J connectivity index is 1.80. The van der Waals surface area contributed by atoms with Gasteiger partial charge in [0, 0.05) is 25.5 Å². The molecule has 0 atom stereocenters. The van der Waals surface area contributed by atoms with Crippen molar-refractivity contribution in [2.45, 2.75) is 232 Å². The van der Waals surface area contributed by atoms with Crippen LogP contribution in [0.1, 0.15) is 226 Å². The third-order valence-electron chi connectivity index (χ3n) is 9.95. The van der Waals surface area contributed by atoms with Crippen molar-refractivity contribution in [3.05, 3.63) is 12.4 Å². The van der Waals surface area contributed by atoms with Crippen LogP contribution in [0.2, 0.25) is 0 Å². The Labute approximate surface area is 267 Å². The standard InChI is InChI=1S/C40H80N2/c1-4-6-8-10-12-14-16-18-20-22-24-26-28-30-32-34-36-41-38-39-42(40(41)3)37-35-33-31-29-27-25-23-21-19-17-15-13-11-9-7-5-2/h38-40H,4-37H2,1-3H3. The summed E-state index contributed by atoms with van der Waals surface area (Å²) in [5.74, 6) is 0. The maximum Gasteiger partial charge on any atom is 0.0977 e. The van der Waals surface area contributed by atoms with Crippen LogP contribution >= 0.6 is 0 Å². The first-order valence-corrected chi connectivity index (χ1v) is 20.0. The van der Waals surface area contributed by atoms with E-state index >= 15 is 0 Å². The minimum Gasteiger partial charge on any atom is -0.356 e. The van der Waals surface area contributed by atoms with Crippen LogP contribution in [0.3, 0.4) is 0 Å². The van der Waals surface area contributed by atoms with Gasteiger partial charge in [-0.15, -0.1) is 0 Å². The van der Waals surface area contributed by atoms with Gasteiger partial charge in [-0.3, -0.25) is 0 Å². The molecule has 0 aromatic heterocycles. The Morgan fingerprint density at radius 3 is 0.714 bits per heavy atom. The maximum atomic E-state index is 2.58. The molecule has 0 radical (unpaired) electrons. The molecule has 0 unspecified atom stereocenters. The molecule has 0 fully saturated rings. The molecule has 1 heterocycles. The third-order valence-corrected chi connectivity index (χ3v) is 9.95. The minimum absolute atomic E-state index is 0.567. The van der Waals surface area contributed by atoms with Crippen LogP contribution in [0.25, 0.3) is 0 Å². The lowest BCUT2D eigenvalue weighted by molar-refractivity contribution is 0.165. The highest BCUT2D eigenvalue weighted by atomic mass is 15.4. The first-order valence-electron chi connectivity index (χ1n) is 20.0. The van der Waals surface area contributed by atoms with E-state index in [4.69, 9.17) is 0 Å². The molecular formula is C40H80N2. The van der Waals surface area contributed by atoms with Crippen molar-refractivity contribution in [3.63, 3.8) is 0 Å². The van der Waals surface area contributed by atoms with Gasteiger partial charge < -0.3 is 9.80 Å². The zero-order valence-electron chi connectivity index (χ0n) is 29.7. The number of nitrogens with zero attached hydrogens (tertiary/aromatic N) is 2. The van der Waals surface area contributed by atoms with Gasteiger partial charge in [0.15, 0.2) is 0 Å². The third kappa shape index (κ3) is 24.7. The molecule has 2 heteroatoms. The highest BCUT2D eigenvalue weighted by Crippen LogP contribution is 2.19. The van der Waals surface area contributed by atoms with Crippen LogP contribution in [-0.4, -0.2) is 29.1 Å². The number of hydrogen-bond donors (Lipinski definition) is 0. The second kappa shape index (κ2) is 31.8. The van der Waals surface area contributed by atoms with Crippen molar-refractivity contribution in [2.24, 2.45) is 0 Å². The molecule has 42 heavy (non-hydrogen) atoms. The fourth-order valence-corrected chi connectivity index (χ4v) is 6.82. The highest BCUT2D eigenvalue weighted by Gasteiger charge is 2.20. The maximum absolute atomic E-state index is 2.58. The van der Waals surface area contributed by atoms with E-state index in [1.165, 1.54) is 219 Å². The quantitative estimate of drug-likeness (QED) is 0.0690. The smallest absolute Gasteiger partial charge is 0.0977 e. The van der Waals surface area contributed by atoms with E-state index in [1.54, 1.807) is 0 Å². The van der Waals surface area contributed by atoms with Gasteiger partial charge >= 0.3 is 0 Å². The fraction of sp³-hybridized carbons (Fsp3) is 0.950. The van der Waals surface area contributed by atoms with Crippen LogP contribution in [0.5, 0.6) is 0 Å². The van der Waals surface area contributed by atoms with Gasteiger partial charge in [0.1, 0.15) is 0 Å². The summed E-state index contributed by atoms with van der Waals surface area (Å²) >= 11 is 0. The summed E-state index contributed by atoms with van der Waals surface area (Å²) in [6.45, 7) is 9.50. The zero-order valence-corrected chi connectivity index (χ0v) is 29.7. The minimum atomic E-state index is 0.567. The van der Waals surface area contributed by atoms with Crippen LogP contribution in [0, 0.1) is 0 Å². The van der Waals surface area contributed by atoms with Crippen LogP contribution in [-0.2, 0) is 0 Å². The normalized spacial score (nSPS) is 13.7. The second-order valence-corrected chi connectivity index (χ2v) is 14.0. The monoisotopic (exact) mass is 589 g/mol. The highest BCUT2D eigenvalue weighted by molar-refractivity contribution is 4.95. The largest absolute Gasteiger partial charge is 0.356 e. The molecule has 0 aromatic rings. The Hall–Kier alpha value is -0.660. The van der Waals surface area contributed by atoms with Gasteiger partial charge in [-0.1, -0.05) is 206 Å². The lowest BCUT2D eigenvalue weighted by Crippen LogP contribution is -2.36. The van der Waals surface area contributed by atoms with E-state index < -0.39 is 0 Å². The molecule has 1 aliphatic rings. The van der Waals surface area contributed by atoms with E-state index in [0.717, 1.165) is 0 Å². The molecule has 1 aliphatic heterocycles.